The summed E-state index contributed by atoms with van der Waals surface area (Å²) in [6.45, 7) is 2.81. The summed E-state index contributed by atoms with van der Waals surface area (Å²) in [4.78, 5) is 6.10. The Kier molecular flexibility index (Phi) is 3.48. The fourth-order valence-electron chi connectivity index (χ4n) is 2.00. The normalized spacial score (nSPS) is 18.7. The van der Waals surface area contributed by atoms with Crippen LogP contribution >= 0.6 is 11.8 Å². The molecular weight excluding hydrogens is 303 g/mol. The largest absolute Gasteiger partial charge is 0.424 e. The Bertz CT molecular complexity index is 683. The van der Waals surface area contributed by atoms with E-state index >= 15 is 0 Å². The topological polar surface area (TPSA) is 41.3 Å². The molecule has 2 heterocycles. The summed E-state index contributed by atoms with van der Waals surface area (Å²) in [6, 6.07) is 3.47. The fourth-order valence-corrected chi connectivity index (χ4v) is 2.92. The van der Waals surface area contributed by atoms with Gasteiger partial charge in [0.1, 0.15) is 5.52 Å². The number of benzene rings is 1. The van der Waals surface area contributed by atoms with Crippen molar-refractivity contribution in [2.75, 3.05) is 11.9 Å². The van der Waals surface area contributed by atoms with Crippen LogP contribution in [0.4, 0.5) is 19.2 Å². The molecule has 1 aromatic heterocycles. The van der Waals surface area contributed by atoms with Crippen molar-refractivity contribution in [1.82, 2.24) is 9.88 Å². The zero-order chi connectivity index (χ0) is 15.0. The third kappa shape index (κ3) is 2.80. The van der Waals surface area contributed by atoms with Crippen LogP contribution in [0, 0.1) is 0 Å². The van der Waals surface area contributed by atoms with E-state index in [9.17, 15) is 13.2 Å². The number of aromatic nitrogens is 1. The molecule has 0 amide bonds. The minimum atomic E-state index is -4.38. The Morgan fingerprint density at radius 2 is 2.24 bits per heavy atom. The van der Waals surface area contributed by atoms with Gasteiger partial charge in [-0.25, -0.2) is 0 Å². The number of oxazole rings is 1. The fraction of sp³-hybridized carbons (Fsp3) is 0.308. The van der Waals surface area contributed by atoms with Gasteiger partial charge in [-0.2, -0.15) is 18.2 Å². The molecule has 112 valence electrons. The highest BCUT2D eigenvalue weighted by Crippen LogP contribution is 2.33. The molecule has 0 fully saturated rings. The van der Waals surface area contributed by atoms with Gasteiger partial charge in [0, 0.05) is 12.7 Å². The van der Waals surface area contributed by atoms with Crippen molar-refractivity contribution in [2.45, 2.75) is 18.6 Å². The molecule has 1 aromatic carbocycles. The van der Waals surface area contributed by atoms with E-state index in [1.54, 1.807) is 11.8 Å². The number of nitrogens with one attached hydrogen (secondary N) is 1. The first-order valence-electron chi connectivity index (χ1n) is 6.29. The van der Waals surface area contributed by atoms with Gasteiger partial charge in [0.05, 0.1) is 5.56 Å². The van der Waals surface area contributed by atoms with E-state index in [2.05, 4.69) is 10.3 Å². The van der Waals surface area contributed by atoms with Crippen LogP contribution in [-0.4, -0.2) is 21.9 Å². The zero-order valence-electron chi connectivity index (χ0n) is 11.0. The van der Waals surface area contributed by atoms with Crippen LogP contribution in [-0.2, 0) is 6.18 Å². The van der Waals surface area contributed by atoms with Crippen molar-refractivity contribution < 1.29 is 17.6 Å². The van der Waals surface area contributed by atoms with Crippen molar-refractivity contribution in [3.8, 4) is 0 Å². The van der Waals surface area contributed by atoms with Crippen LogP contribution in [0.15, 0.2) is 34.2 Å². The van der Waals surface area contributed by atoms with Gasteiger partial charge >= 0.3 is 6.18 Å². The Balaban J connectivity index is 1.84. The number of nitrogens with zero attached hydrogens (tertiary/aromatic N) is 2. The standard InChI is InChI=1S/C13H12F3N3OS/c1-2-19-5-6-21-12(19)18-11-17-9-7-8(13(14,15)16)3-4-10(9)20-11/h3-7,12H,2H2,1H3,(H,17,18). The van der Waals surface area contributed by atoms with Crippen LogP contribution in [0.5, 0.6) is 0 Å². The van der Waals surface area contributed by atoms with Crippen molar-refractivity contribution in [3.63, 3.8) is 0 Å². The molecule has 8 heteroatoms. The highest BCUT2D eigenvalue weighted by atomic mass is 32.2. The Hall–Kier alpha value is -1.83. The molecule has 0 aliphatic carbocycles. The van der Waals surface area contributed by atoms with Gasteiger partial charge in [-0.15, -0.1) is 0 Å². The summed E-state index contributed by atoms with van der Waals surface area (Å²) >= 11 is 1.54. The summed E-state index contributed by atoms with van der Waals surface area (Å²) in [6.07, 6.45) is -2.45. The van der Waals surface area contributed by atoms with E-state index in [-0.39, 0.29) is 17.0 Å². The number of fused-ring (bicyclic) bond motifs is 1. The molecule has 0 spiro atoms. The predicted molar refractivity (Wildman–Crippen MR) is 75.5 cm³/mol. The Morgan fingerprint density at radius 3 is 2.95 bits per heavy atom. The molecule has 21 heavy (non-hydrogen) atoms. The van der Waals surface area contributed by atoms with E-state index in [1.807, 2.05) is 23.4 Å². The number of hydrogen-bond acceptors (Lipinski definition) is 5. The molecule has 0 saturated heterocycles. The SMILES string of the molecule is CCN1C=CSC1Nc1nc2cc(C(F)(F)F)ccc2o1. The zero-order valence-corrected chi connectivity index (χ0v) is 11.8. The summed E-state index contributed by atoms with van der Waals surface area (Å²) in [5, 5.41) is 4.99. The molecule has 1 N–H and O–H groups in total. The summed E-state index contributed by atoms with van der Waals surface area (Å²) in [7, 11) is 0. The van der Waals surface area contributed by atoms with Crippen molar-refractivity contribution in [3.05, 3.63) is 35.4 Å². The number of alkyl halides is 3. The number of rotatable bonds is 3. The molecular formula is C13H12F3N3OS. The molecule has 0 saturated carbocycles. The Morgan fingerprint density at radius 1 is 1.43 bits per heavy atom. The molecule has 1 aliphatic heterocycles. The van der Waals surface area contributed by atoms with Gasteiger partial charge in [-0.05, 0) is 30.5 Å². The predicted octanol–water partition coefficient (Wildman–Crippen LogP) is 4.08. The van der Waals surface area contributed by atoms with Crippen LogP contribution < -0.4 is 5.32 Å². The second-order valence-electron chi connectivity index (χ2n) is 4.45. The number of thioether (sulfide) groups is 1. The smallest absolute Gasteiger partial charge is 0.416 e. The first-order valence-corrected chi connectivity index (χ1v) is 7.24. The summed E-state index contributed by atoms with van der Waals surface area (Å²) in [5.41, 5.74) is -0.289. The maximum Gasteiger partial charge on any atom is 0.416 e. The molecule has 1 aliphatic rings. The van der Waals surface area contributed by atoms with E-state index < -0.39 is 11.7 Å². The summed E-state index contributed by atoms with van der Waals surface area (Å²) < 4.78 is 43.4. The lowest BCUT2D eigenvalue weighted by Gasteiger charge is -2.22. The second kappa shape index (κ2) is 5.18. The van der Waals surface area contributed by atoms with Gasteiger partial charge in [0.15, 0.2) is 11.1 Å². The maximum absolute atomic E-state index is 12.7. The Labute approximate surface area is 123 Å². The third-order valence-corrected chi connectivity index (χ3v) is 4.01. The second-order valence-corrected chi connectivity index (χ2v) is 5.44. The minimum absolute atomic E-state index is 0.0647. The van der Waals surface area contributed by atoms with Crippen molar-refractivity contribution >= 4 is 28.9 Å². The van der Waals surface area contributed by atoms with Crippen molar-refractivity contribution in [1.29, 1.82) is 0 Å². The van der Waals surface area contributed by atoms with Crippen LogP contribution in [0.2, 0.25) is 0 Å². The highest BCUT2D eigenvalue weighted by Gasteiger charge is 2.31. The molecule has 4 nitrogen and oxygen atoms in total. The average molecular weight is 315 g/mol. The lowest BCUT2D eigenvalue weighted by Crippen LogP contribution is -2.31. The van der Waals surface area contributed by atoms with E-state index in [0.717, 1.165) is 18.7 Å². The van der Waals surface area contributed by atoms with Gasteiger partial charge in [0.2, 0.25) is 0 Å². The maximum atomic E-state index is 12.7. The molecule has 3 rings (SSSR count). The van der Waals surface area contributed by atoms with Gasteiger partial charge in [-0.1, -0.05) is 11.8 Å². The monoisotopic (exact) mass is 315 g/mol. The lowest BCUT2D eigenvalue weighted by molar-refractivity contribution is -0.137. The third-order valence-electron chi connectivity index (χ3n) is 3.09. The first-order chi connectivity index (χ1) is 9.97. The number of anilines is 1. The van der Waals surface area contributed by atoms with Gasteiger partial charge in [-0.3, -0.25) is 0 Å². The number of halogens is 3. The average Bonchev–Trinajstić information content (AvgIpc) is 3.02. The van der Waals surface area contributed by atoms with Crippen molar-refractivity contribution in [2.24, 2.45) is 0 Å². The molecule has 2 aromatic rings. The molecule has 0 radical (unpaired) electrons. The molecule has 0 bridgehead atoms. The lowest BCUT2D eigenvalue weighted by atomic mass is 10.2. The number of hydrogen-bond donors (Lipinski definition) is 1. The van der Waals surface area contributed by atoms with E-state index in [0.29, 0.717) is 5.58 Å². The molecule has 1 unspecified atom stereocenters. The van der Waals surface area contributed by atoms with Crippen LogP contribution in [0.3, 0.4) is 0 Å². The minimum Gasteiger partial charge on any atom is -0.424 e. The van der Waals surface area contributed by atoms with Gasteiger partial charge in [0.25, 0.3) is 6.01 Å². The van der Waals surface area contributed by atoms with E-state index in [4.69, 9.17) is 4.42 Å². The first kappa shape index (κ1) is 14.1. The summed E-state index contributed by atoms with van der Waals surface area (Å²) in [5.74, 6) is 0. The highest BCUT2D eigenvalue weighted by molar-refractivity contribution is 8.03. The quantitative estimate of drug-likeness (QED) is 0.924. The van der Waals surface area contributed by atoms with Crippen LogP contribution in [0.1, 0.15) is 12.5 Å². The molecule has 1 atom stereocenters. The van der Waals surface area contributed by atoms with Crippen LogP contribution in [0.25, 0.3) is 11.1 Å². The van der Waals surface area contributed by atoms with E-state index in [1.165, 1.54) is 6.07 Å². The van der Waals surface area contributed by atoms with Gasteiger partial charge < -0.3 is 14.6 Å².